The highest BCUT2D eigenvalue weighted by Gasteiger charge is 2.18. The molecule has 0 atom stereocenters. The Hall–Kier alpha value is -2.53. The highest BCUT2D eigenvalue weighted by atomic mass is 35.5. The lowest BCUT2D eigenvalue weighted by Crippen LogP contribution is -2.11. The van der Waals surface area contributed by atoms with Crippen LogP contribution in [-0.2, 0) is 11.2 Å². The first-order valence-electron chi connectivity index (χ1n) is 6.41. The Bertz CT molecular complexity index is 726. The fraction of sp³-hybridized carbons (Fsp3) is 0.125. The van der Waals surface area contributed by atoms with Crippen molar-refractivity contribution in [1.82, 2.24) is 0 Å². The molecule has 6 heteroatoms. The Morgan fingerprint density at radius 1 is 1.23 bits per heavy atom. The van der Waals surface area contributed by atoms with E-state index in [1.54, 1.807) is 24.3 Å². The number of carbonyl (C=O) groups is 2. The summed E-state index contributed by atoms with van der Waals surface area (Å²) in [7, 11) is 1.44. The van der Waals surface area contributed by atoms with Crippen molar-refractivity contribution < 1.29 is 19.4 Å². The zero-order valence-corrected chi connectivity index (χ0v) is 12.6. The predicted octanol–water partition coefficient (Wildman–Crippen LogP) is 2.79. The van der Waals surface area contributed by atoms with Gasteiger partial charge in [-0.25, -0.2) is 0 Å². The minimum Gasteiger partial charge on any atom is -0.497 e. The molecule has 0 aromatic heterocycles. The molecule has 2 aromatic rings. The first-order valence-corrected chi connectivity index (χ1v) is 6.78. The largest absolute Gasteiger partial charge is 0.497 e. The number of methoxy groups -OCH3 is 1. The smallest absolute Gasteiger partial charge is 0.307 e. The second kappa shape index (κ2) is 6.49. The predicted molar refractivity (Wildman–Crippen MR) is 83.6 cm³/mol. The summed E-state index contributed by atoms with van der Waals surface area (Å²) in [6.07, 6.45) is -0.288. The molecule has 0 saturated carbocycles. The van der Waals surface area contributed by atoms with Crippen LogP contribution in [0.5, 0.6) is 5.75 Å². The van der Waals surface area contributed by atoms with E-state index >= 15 is 0 Å². The van der Waals surface area contributed by atoms with Crippen LogP contribution in [0, 0.1) is 0 Å². The Kier molecular flexibility index (Phi) is 4.68. The van der Waals surface area contributed by atoms with Gasteiger partial charge >= 0.3 is 5.97 Å². The summed E-state index contributed by atoms with van der Waals surface area (Å²) in [5, 5.41) is 9.45. The number of rotatable bonds is 5. The average Bonchev–Trinajstić information content (AvgIpc) is 2.49. The number of carboxylic acids is 1. The lowest BCUT2D eigenvalue weighted by Gasteiger charge is -2.12. The van der Waals surface area contributed by atoms with Gasteiger partial charge in [0.25, 0.3) is 0 Å². The number of carboxylic acid groups (broad SMARTS) is 1. The summed E-state index contributed by atoms with van der Waals surface area (Å²) in [6, 6.07) is 9.38. The number of hydrogen-bond donors (Lipinski definition) is 2. The van der Waals surface area contributed by atoms with E-state index < -0.39 is 5.97 Å². The van der Waals surface area contributed by atoms with E-state index in [2.05, 4.69) is 0 Å². The second-order valence-corrected chi connectivity index (χ2v) is 5.09. The molecule has 0 amide bonds. The molecule has 0 aliphatic rings. The van der Waals surface area contributed by atoms with Crippen molar-refractivity contribution >= 4 is 29.0 Å². The van der Waals surface area contributed by atoms with Gasteiger partial charge in [-0.1, -0.05) is 11.6 Å². The van der Waals surface area contributed by atoms with Gasteiger partial charge < -0.3 is 15.6 Å². The second-order valence-electron chi connectivity index (χ2n) is 4.65. The minimum absolute atomic E-state index is 0.142. The standard InChI is InChI=1S/C16H14ClNO4/c1-22-12-6-10(7-14(19)20)15(18)13(8-12)16(21)9-2-4-11(17)5-3-9/h2-6,8H,7,18H2,1H3,(H,19,20). The average molecular weight is 320 g/mol. The molecule has 0 saturated heterocycles. The van der Waals surface area contributed by atoms with Gasteiger partial charge in [-0.05, 0) is 42.0 Å². The van der Waals surface area contributed by atoms with E-state index in [-0.39, 0.29) is 23.5 Å². The number of hydrogen-bond acceptors (Lipinski definition) is 4. The highest BCUT2D eigenvalue weighted by Crippen LogP contribution is 2.28. The quantitative estimate of drug-likeness (QED) is 0.653. The Balaban J connectivity index is 2.51. The summed E-state index contributed by atoms with van der Waals surface area (Å²) in [6.45, 7) is 0. The van der Waals surface area contributed by atoms with Crippen molar-refractivity contribution in [1.29, 1.82) is 0 Å². The first kappa shape index (κ1) is 15.9. The van der Waals surface area contributed by atoms with Crippen molar-refractivity contribution in [2.45, 2.75) is 6.42 Å². The van der Waals surface area contributed by atoms with Crippen molar-refractivity contribution in [2.75, 3.05) is 12.8 Å². The lowest BCUT2D eigenvalue weighted by atomic mass is 9.97. The summed E-state index contributed by atoms with van der Waals surface area (Å²) in [4.78, 5) is 23.5. The van der Waals surface area contributed by atoms with Crippen molar-refractivity contribution in [3.63, 3.8) is 0 Å². The normalized spacial score (nSPS) is 10.3. The molecule has 0 aliphatic heterocycles. The summed E-state index contributed by atoms with van der Waals surface area (Å²) in [5.41, 5.74) is 7.05. The van der Waals surface area contributed by atoms with Crippen LogP contribution in [0.3, 0.4) is 0 Å². The number of ether oxygens (including phenoxy) is 1. The maximum Gasteiger partial charge on any atom is 0.307 e. The van der Waals surface area contributed by atoms with Gasteiger partial charge in [-0.2, -0.15) is 0 Å². The van der Waals surface area contributed by atoms with Crippen LogP contribution < -0.4 is 10.5 Å². The Morgan fingerprint density at radius 3 is 2.41 bits per heavy atom. The van der Waals surface area contributed by atoms with Crippen LogP contribution in [0.1, 0.15) is 21.5 Å². The van der Waals surface area contributed by atoms with E-state index in [4.69, 9.17) is 27.2 Å². The molecular weight excluding hydrogens is 306 g/mol. The van der Waals surface area contributed by atoms with Gasteiger partial charge in [0.2, 0.25) is 0 Å². The number of benzene rings is 2. The van der Waals surface area contributed by atoms with Crippen LogP contribution >= 0.6 is 11.6 Å². The van der Waals surface area contributed by atoms with Gasteiger partial charge in [0.15, 0.2) is 5.78 Å². The topological polar surface area (TPSA) is 89.6 Å². The fourth-order valence-corrected chi connectivity index (χ4v) is 2.18. The Morgan fingerprint density at radius 2 is 1.86 bits per heavy atom. The first-order chi connectivity index (χ1) is 10.4. The molecule has 22 heavy (non-hydrogen) atoms. The van der Waals surface area contributed by atoms with Gasteiger partial charge in [-0.15, -0.1) is 0 Å². The molecule has 2 rings (SSSR count). The van der Waals surface area contributed by atoms with Gasteiger partial charge in [0.1, 0.15) is 5.75 Å². The number of aliphatic carboxylic acids is 1. The van der Waals surface area contributed by atoms with E-state index in [9.17, 15) is 9.59 Å². The maximum absolute atomic E-state index is 12.6. The Labute approximate surface area is 132 Å². The molecule has 0 aliphatic carbocycles. The summed E-state index contributed by atoms with van der Waals surface area (Å²) < 4.78 is 5.12. The number of halogens is 1. The molecule has 3 N–H and O–H groups in total. The SMILES string of the molecule is COc1cc(CC(=O)O)c(N)c(C(=O)c2ccc(Cl)cc2)c1. The van der Waals surface area contributed by atoms with Crippen LogP contribution in [0.2, 0.25) is 5.02 Å². The fourth-order valence-electron chi connectivity index (χ4n) is 2.06. The summed E-state index contributed by atoms with van der Waals surface area (Å²) >= 11 is 5.80. The van der Waals surface area contributed by atoms with E-state index in [1.165, 1.54) is 19.2 Å². The van der Waals surface area contributed by atoms with Crippen LogP contribution in [0.4, 0.5) is 5.69 Å². The highest BCUT2D eigenvalue weighted by molar-refractivity contribution is 6.30. The number of nitrogens with two attached hydrogens (primary N) is 1. The van der Waals surface area contributed by atoms with Crippen LogP contribution in [-0.4, -0.2) is 24.0 Å². The maximum atomic E-state index is 12.6. The molecule has 5 nitrogen and oxygen atoms in total. The third kappa shape index (κ3) is 3.38. The number of carbonyl (C=O) groups excluding carboxylic acids is 1. The molecule has 0 unspecified atom stereocenters. The minimum atomic E-state index is -1.04. The number of ketones is 1. The zero-order valence-electron chi connectivity index (χ0n) is 11.8. The van der Waals surface area contributed by atoms with Gasteiger partial charge in [0, 0.05) is 21.8 Å². The van der Waals surface area contributed by atoms with E-state index in [0.717, 1.165) is 0 Å². The number of nitrogen functional groups attached to an aromatic ring is 1. The molecule has 0 heterocycles. The molecular formula is C16H14ClNO4. The van der Waals surface area contributed by atoms with Gasteiger partial charge in [0.05, 0.1) is 13.5 Å². The monoisotopic (exact) mass is 319 g/mol. The molecule has 0 bridgehead atoms. The third-order valence-electron chi connectivity index (χ3n) is 3.17. The van der Waals surface area contributed by atoms with Crippen LogP contribution in [0.15, 0.2) is 36.4 Å². The van der Waals surface area contributed by atoms with Crippen LogP contribution in [0.25, 0.3) is 0 Å². The molecule has 0 radical (unpaired) electrons. The lowest BCUT2D eigenvalue weighted by molar-refractivity contribution is -0.136. The molecule has 0 fully saturated rings. The zero-order chi connectivity index (χ0) is 16.3. The van der Waals surface area contributed by atoms with Crippen molar-refractivity contribution in [3.05, 3.63) is 58.1 Å². The summed E-state index contributed by atoms with van der Waals surface area (Å²) in [5.74, 6) is -0.979. The van der Waals surface area contributed by atoms with E-state index in [1.807, 2.05) is 0 Å². The van der Waals surface area contributed by atoms with Crippen molar-refractivity contribution in [2.24, 2.45) is 0 Å². The van der Waals surface area contributed by atoms with Crippen molar-refractivity contribution in [3.8, 4) is 5.75 Å². The molecule has 2 aromatic carbocycles. The number of anilines is 1. The molecule has 0 spiro atoms. The van der Waals surface area contributed by atoms with E-state index in [0.29, 0.717) is 21.9 Å². The molecule has 114 valence electrons. The third-order valence-corrected chi connectivity index (χ3v) is 3.42. The van der Waals surface area contributed by atoms with Gasteiger partial charge in [-0.3, -0.25) is 9.59 Å².